The molecular formula is C6H11NTe. The Morgan fingerprint density at radius 1 is 1.12 bits per heavy atom. The molecule has 1 fully saturated rings. The van der Waals surface area contributed by atoms with Crippen molar-refractivity contribution in [2.75, 3.05) is 13.1 Å². The molecule has 1 aliphatic heterocycles. The third kappa shape index (κ3) is 1.76. The SMILES string of the molecule is [Te]=CN1CCCCC1. The van der Waals surface area contributed by atoms with E-state index in [9.17, 15) is 0 Å². The molecule has 1 nitrogen and oxygen atoms in total. The first-order valence-electron chi connectivity index (χ1n) is 3.13. The van der Waals surface area contributed by atoms with E-state index in [0.29, 0.717) is 0 Å². The van der Waals surface area contributed by atoms with Gasteiger partial charge in [-0.2, -0.15) is 0 Å². The Balaban J connectivity index is 2.22. The second-order valence-corrected chi connectivity index (χ2v) is 2.80. The predicted molar refractivity (Wildman–Crippen MR) is 37.2 cm³/mol. The van der Waals surface area contributed by atoms with Gasteiger partial charge in [0.15, 0.2) is 0 Å². The summed E-state index contributed by atoms with van der Waals surface area (Å²) in [6.45, 7) is 2.58. The van der Waals surface area contributed by atoms with E-state index in [1.165, 1.54) is 32.4 Å². The number of piperidine rings is 1. The summed E-state index contributed by atoms with van der Waals surface area (Å²) in [6.07, 6.45) is 4.23. The van der Waals surface area contributed by atoms with Gasteiger partial charge in [0.05, 0.1) is 0 Å². The van der Waals surface area contributed by atoms with Crippen molar-refractivity contribution in [3.63, 3.8) is 0 Å². The molecule has 0 spiro atoms. The molecule has 0 aromatic carbocycles. The molecule has 0 bridgehead atoms. The molecule has 0 saturated carbocycles. The first-order chi connectivity index (χ1) is 3.93. The maximum absolute atomic E-state index is 2.40. The Kier molecular flexibility index (Phi) is 2.86. The number of hydrogen-bond donors (Lipinski definition) is 0. The molecule has 1 rings (SSSR count). The molecule has 0 aromatic heterocycles. The van der Waals surface area contributed by atoms with Crippen molar-refractivity contribution >= 4 is 26.0 Å². The first-order valence-corrected chi connectivity index (χ1v) is 4.47. The third-order valence-corrected chi connectivity index (χ3v) is 2.39. The van der Waals surface area contributed by atoms with E-state index >= 15 is 0 Å². The summed E-state index contributed by atoms with van der Waals surface area (Å²) in [5, 5.41) is 0. The molecule has 2 heteroatoms. The van der Waals surface area contributed by atoms with Gasteiger partial charge in [-0.25, -0.2) is 0 Å². The van der Waals surface area contributed by atoms with Gasteiger partial charge in [0, 0.05) is 0 Å². The molecule has 8 heavy (non-hydrogen) atoms. The van der Waals surface area contributed by atoms with E-state index in [4.69, 9.17) is 0 Å². The summed E-state index contributed by atoms with van der Waals surface area (Å²) < 4.78 is 2.20. The van der Waals surface area contributed by atoms with Gasteiger partial charge in [-0.3, -0.25) is 0 Å². The zero-order valence-electron chi connectivity index (χ0n) is 4.97. The zero-order valence-corrected chi connectivity index (χ0v) is 7.30. The molecule has 46 valence electrons. The van der Waals surface area contributed by atoms with Crippen LogP contribution in [0.5, 0.6) is 0 Å². The van der Waals surface area contributed by atoms with Crippen LogP contribution in [0.25, 0.3) is 0 Å². The molecule has 1 aliphatic rings. The van der Waals surface area contributed by atoms with Crippen molar-refractivity contribution < 1.29 is 0 Å². The van der Waals surface area contributed by atoms with Gasteiger partial charge in [0.2, 0.25) is 0 Å². The molecule has 0 aliphatic carbocycles. The van der Waals surface area contributed by atoms with Gasteiger partial charge >= 0.3 is 63.3 Å². The van der Waals surface area contributed by atoms with Crippen LogP contribution in [-0.4, -0.2) is 44.0 Å². The normalized spacial score (nSPS) is 20.8. The fraction of sp³-hybridized carbons (Fsp3) is 0.833. The van der Waals surface area contributed by atoms with Gasteiger partial charge in [-0.05, 0) is 0 Å². The zero-order chi connectivity index (χ0) is 5.82. The van der Waals surface area contributed by atoms with E-state index < -0.39 is 0 Å². The average Bonchev–Trinajstić information content (AvgIpc) is 1.90. The summed E-state index contributed by atoms with van der Waals surface area (Å²) in [5.41, 5.74) is 0. The Morgan fingerprint density at radius 3 is 2.12 bits per heavy atom. The van der Waals surface area contributed by atoms with Crippen LogP contribution in [-0.2, 0) is 0 Å². The van der Waals surface area contributed by atoms with E-state index in [1.54, 1.807) is 0 Å². The van der Waals surface area contributed by atoms with Crippen LogP contribution in [0, 0.1) is 0 Å². The van der Waals surface area contributed by atoms with Crippen molar-refractivity contribution in [3.8, 4) is 0 Å². The monoisotopic (exact) mass is 227 g/mol. The molecule has 0 atom stereocenters. The second-order valence-electron chi connectivity index (χ2n) is 2.20. The van der Waals surface area contributed by atoms with Crippen molar-refractivity contribution in [1.29, 1.82) is 0 Å². The van der Waals surface area contributed by atoms with E-state index in [0.717, 1.165) is 0 Å². The van der Waals surface area contributed by atoms with Gasteiger partial charge < -0.3 is 0 Å². The Labute approximate surface area is 63.5 Å². The quantitative estimate of drug-likeness (QED) is 0.583. The number of rotatable bonds is 1. The van der Waals surface area contributed by atoms with E-state index in [2.05, 4.69) is 30.9 Å². The molecule has 0 N–H and O–H groups in total. The Bertz CT molecular complexity index is 76.6. The number of hydrogen-bond acceptors (Lipinski definition) is 1. The van der Waals surface area contributed by atoms with Gasteiger partial charge in [0.1, 0.15) is 0 Å². The van der Waals surface area contributed by atoms with Crippen molar-refractivity contribution in [2.45, 2.75) is 19.3 Å². The molecule has 1 heterocycles. The summed E-state index contributed by atoms with van der Waals surface area (Å²) in [7, 11) is 0. The van der Waals surface area contributed by atoms with Crippen molar-refractivity contribution in [2.24, 2.45) is 0 Å². The molecule has 0 aromatic rings. The molecule has 0 amide bonds. The van der Waals surface area contributed by atoms with Crippen LogP contribution in [0.2, 0.25) is 0 Å². The molecular weight excluding hydrogens is 214 g/mol. The van der Waals surface area contributed by atoms with Crippen LogP contribution in [0.15, 0.2) is 0 Å². The van der Waals surface area contributed by atoms with Crippen molar-refractivity contribution in [1.82, 2.24) is 4.90 Å². The minimum absolute atomic E-state index is 1.29. The topological polar surface area (TPSA) is 3.24 Å². The van der Waals surface area contributed by atoms with Gasteiger partial charge in [0.25, 0.3) is 0 Å². The second kappa shape index (κ2) is 3.48. The fourth-order valence-corrected chi connectivity index (χ4v) is 1.63. The van der Waals surface area contributed by atoms with Crippen LogP contribution in [0.1, 0.15) is 19.3 Å². The minimum atomic E-state index is 1.29. The predicted octanol–water partition coefficient (Wildman–Crippen LogP) is 0.401. The van der Waals surface area contributed by atoms with Gasteiger partial charge in [-0.15, -0.1) is 0 Å². The van der Waals surface area contributed by atoms with Crippen LogP contribution in [0.4, 0.5) is 0 Å². The molecule has 1 saturated heterocycles. The summed E-state index contributed by atoms with van der Waals surface area (Å²) in [5.74, 6) is 0. The molecule has 0 unspecified atom stereocenters. The Hall–Kier alpha value is 0.460. The number of nitrogens with zero attached hydrogens (tertiary/aromatic N) is 1. The van der Waals surface area contributed by atoms with Crippen LogP contribution < -0.4 is 0 Å². The third-order valence-electron chi connectivity index (χ3n) is 1.54. The molecule has 0 radical (unpaired) electrons. The first kappa shape index (κ1) is 6.58. The van der Waals surface area contributed by atoms with E-state index in [-0.39, 0.29) is 0 Å². The van der Waals surface area contributed by atoms with Gasteiger partial charge in [-0.1, -0.05) is 0 Å². The number of likely N-dealkylation sites (tertiary alicyclic amines) is 1. The summed E-state index contributed by atoms with van der Waals surface area (Å²) >= 11 is 2.05. The van der Waals surface area contributed by atoms with Crippen molar-refractivity contribution in [3.05, 3.63) is 0 Å². The standard InChI is InChI=1S/C6H11NTe/c8-6-7-4-2-1-3-5-7/h6H,1-5H2. The Morgan fingerprint density at radius 2 is 1.75 bits per heavy atom. The van der Waals surface area contributed by atoms with Crippen LogP contribution >= 0.6 is 0 Å². The summed E-state index contributed by atoms with van der Waals surface area (Å²) in [6, 6.07) is 0. The summed E-state index contributed by atoms with van der Waals surface area (Å²) in [4.78, 5) is 2.40. The average molecular weight is 225 g/mol. The van der Waals surface area contributed by atoms with E-state index in [1.807, 2.05) is 0 Å². The van der Waals surface area contributed by atoms with Crippen LogP contribution in [0.3, 0.4) is 0 Å². The fourth-order valence-electron chi connectivity index (χ4n) is 1.02. The maximum atomic E-state index is 2.40.